The highest BCUT2D eigenvalue weighted by Crippen LogP contribution is 2.39. The number of ether oxygens (including phenoxy) is 1. The molecule has 2 amide bonds. The minimum absolute atomic E-state index is 0.0183. The molecule has 0 unspecified atom stereocenters. The van der Waals surface area contributed by atoms with Crippen molar-refractivity contribution in [3.05, 3.63) is 39.9 Å². The summed E-state index contributed by atoms with van der Waals surface area (Å²) in [7, 11) is 1.30. The molecule has 3 N–H and O–H groups in total. The molecule has 2 aliphatic heterocycles. The number of rotatable bonds is 7. The van der Waals surface area contributed by atoms with Gasteiger partial charge in [0.15, 0.2) is 11.9 Å². The molecule has 0 aliphatic carbocycles. The molecule has 0 spiro atoms. The SMILES string of the molecule is C[C@@H](COC[C@H](O)C(=O)N1CCN2c3ncc(C(F)(F)F)cc3N(C)C(=O)[C@@H]2C1)Nc1cn[nH]c(=O)c1C(F)(F)F. The molecule has 41 heavy (non-hydrogen) atoms. The molecule has 0 saturated carbocycles. The van der Waals surface area contributed by atoms with E-state index in [9.17, 15) is 45.8 Å². The van der Waals surface area contributed by atoms with Crippen LogP contribution >= 0.6 is 0 Å². The first-order valence-corrected chi connectivity index (χ1v) is 12.2. The summed E-state index contributed by atoms with van der Waals surface area (Å²) in [5.41, 5.74) is -4.49. The third-order valence-corrected chi connectivity index (χ3v) is 6.59. The summed E-state index contributed by atoms with van der Waals surface area (Å²) in [5, 5.41) is 17.9. The molecule has 4 heterocycles. The second-order valence-electron chi connectivity index (χ2n) is 9.54. The number of hydrogen-bond donors (Lipinski definition) is 3. The minimum Gasteiger partial charge on any atom is -0.381 e. The highest BCUT2D eigenvalue weighted by atomic mass is 19.4. The van der Waals surface area contributed by atoms with Gasteiger partial charge in [0, 0.05) is 32.4 Å². The maximum atomic E-state index is 13.2. The Kier molecular flexibility index (Phi) is 8.17. The van der Waals surface area contributed by atoms with Crippen LogP contribution in [0, 0.1) is 0 Å². The first-order valence-electron chi connectivity index (χ1n) is 12.2. The molecule has 4 rings (SSSR count). The number of aromatic nitrogens is 3. The smallest absolute Gasteiger partial charge is 0.381 e. The van der Waals surface area contributed by atoms with Crippen LogP contribution in [-0.2, 0) is 26.7 Å². The van der Waals surface area contributed by atoms with Crippen LogP contribution in [0.1, 0.15) is 18.1 Å². The number of aliphatic hydroxyl groups excluding tert-OH is 1. The summed E-state index contributed by atoms with van der Waals surface area (Å²) in [6.07, 6.45) is -9.79. The number of H-pyrrole nitrogens is 1. The van der Waals surface area contributed by atoms with E-state index in [0.717, 1.165) is 17.2 Å². The molecule has 0 aromatic carbocycles. The first kappa shape index (κ1) is 30.0. The molecule has 0 bridgehead atoms. The van der Waals surface area contributed by atoms with Crippen LogP contribution in [0.2, 0.25) is 0 Å². The summed E-state index contributed by atoms with van der Waals surface area (Å²) in [5.74, 6) is -1.17. The Morgan fingerprint density at radius 3 is 2.54 bits per heavy atom. The number of carbonyl (C=O) groups excluding carboxylic acids is 2. The largest absolute Gasteiger partial charge is 0.423 e. The predicted octanol–water partition coefficient (Wildman–Crippen LogP) is 1.07. The second-order valence-corrected chi connectivity index (χ2v) is 9.54. The molecule has 18 heteroatoms. The summed E-state index contributed by atoms with van der Waals surface area (Å²) < 4.78 is 84.3. The van der Waals surface area contributed by atoms with Crippen molar-refractivity contribution in [1.82, 2.24) is 20.1 Å². The van der Waals surface area contributed by atoms with Gasteiger partial charge >= 0.3 is 12.4 Å². The number of aromatic amines is 1. The average Bonchev–Trinajstić information content (AvgIpc) is 2.89. The Bertz CT molecular complexity index is 1370. The van der Waals surface area contributed by atoms with Crippen molar-refractivity contribution in [1.29, 1.82) is 0 Å². The van der Waals surface area contributed by atoms with Gasteiger partial charge in [0.25, 0.3) is 17.4 Å². The van der Waals surface area contributed by atoms with E-state index in [1.165, 1.54) is 23.8 Å². The third kappa shape index (κ3) is 6.22. The van der Waals surface area contributed by atoms with Crippen molar-refractivity contribution in [3.8, 4) is 0 Å². The second kappa shape index (κ2) is 11.2. The zero-order valence-corrected chi connectivity index (χ0v) is 21.6. The number of nitrogens with zero attached hydrogens (tertiary/aromatic N) is 5. The Morgan fingerprint density at radius 1 is 1.17 bits per heavy atom. The summed E-state index contributed by atoms with van der Waals surface area (Å²) in [4.78, 5) is 45.1. The van der Waals surface area contributed by atoms with Crippen LogP contribution in [-0.4, -0.2) is 95.1 Å². The van der Waals surface area contributed by atoms with E-state index in [0.29, 0.717) is 6.20 Å². The Balaban J connectivity index is 1.34. The number of hydrogen-bond acceptors (Lipinski definition) is 9. The van der Waals surface area contributed by atoms with Crippen LogP contribution in [0.25, 0.3) is 0 Å². The number of piperazine rings is 1. The monoisotopic (exact) mass is 593 g/mol. The summed E-state index contributed by atoms with van der Waals surface area (Å²) >= 11 is 0. The number of aliphatic hydroxyl groups is 1. The molecule has 12 nitrogen and oxygen atoms in total. The van der Waals surface area contributed by atoms with Crippen molar-refractivity contribution < 1.29 is 45.8 Å². The number of amides is 2. The van der Waals surface area contributed by atoms with Crippen molar-refractivity contribution in [3.63, 3.8) is 0 Å². The fourth-order valence-corrected chi connectivity index (χ4v) is 4.59. The van der Waals surface area contributed by atoms with Gasteiger partial charge in [-0.05, 0) is 13.0 Å². The number of halogens is 6. The molecule has 224 valence electrons. The van der Waals surface area contributed by atoms with Crippen molar-refractivity contribution >= 4 is 29.0 Å². The maximum absolute atomic E-state index is 13.2. The molecule has 1 saturated heterocycles. The van der Waals surface area contributed by atoms with Gasteiger partial charge in [-0.15, -0.1) is 0 Å². The molecule has 2 aromatic rings. The summed E-state index contributed by atoms with van der Waals surface area (Å²) in [6.45, 7) is 0.587. The van der Waals surface area contributed by atoms with Crippen LogP contribution in [0.4, 0.5) is 43.5 Å². The Labute approximate surface area is 227 Å². The quantitative estimate of drug-likeness (QED) is 0.402. The molecule has 2 aliphatic rings. The molecule has 2 aromatic heterocycles. The molecular formula is C23H25F6N7O5. The van der Waals surface area contributed by atoms with E-state index < -0.39 is 71.3 Å². The lowest BCUT2D eigenvalue weighted by Gasteiger charge is -2.46. The van der Waals surface area contributed by atoms with Crippen molar-refractivity contribution in [2.24, 2.45) is 0 Å². The molecule has 3 atom stereocenters. The number of nitrogens with one attached hydrogen (secondary N) is 2. The van der Waals surface area contributed by atoms with Gasteiger partial charge in [-0.2, -0.15) is 31.4 Å². The van der Waals surface area contributed by atoms with Crippen LogP contribution in [0.3, 0.4) is 0 Å². The Morgan fingerprint density at radius 2 is 1.88 bits per heavy atom. The van der Waals surface area contributed by atoms with Crippen LogP contribution in [0.15, 0.2) is 23.3 Å². The minimum atomic E-state index is -4.94. The highest BCUT2D eigenvalue weighted by molar-refractivity contribution is 6.05. The summed E-state index contributed by atoms with van der Waals surface area (Å²) in [6, 6.07) is -0.898. The van der Waals surface area contributed by atoms with E-state index in [1.807, 2.05) is 0 Å². The predicted molar refractivity (Wildman–Crippen MR) is 130 cm³/mol. The maximum Gasteiger partial charge on any atom is 0.423 e. The van der Waals surface area contributed by atoms with E-state index in [2.05, 4.69) is 15.4 Å². The topological polar surface area (TPSA) is 144 Å². The van der Waals surface area contributed by atoms with Crippen molar-refractivity contribution in [2.45, 2.75) is 37.5 Å². The number of anilines is 3. The van der Waals surface area contributed by atoms with Gasteiger partial charge in [0.05, 0.1) is 42.9 Å². The van der Waals surface area contributed by atoms with Gasteiger partial charge < -0.3 is 29.9 Å². The average molecular weight is 593 g/mol. The number of fused-ring (bicyclic) bond motifs is 3. The Hall–Kier alpha value is -3.93. The van der Waals surface area contributed by atoms with Crippen LogP contribution in [0.5, 0.6) is 0 Å². The molecule has 0 radical (unpaired) electrons. The standard InChI is InChI=1S/C23H25F6N7O5/c1-11(32-13-7-31-33-19(38)17(13)23(27,28)29)9-41-10-16(37)21(40)35-3-4-36-15(8-35)20(39)34(2)14-5-12(22(24,25)26)6-30-18(14)36/h5-7,11,15-16,37H,3-4,8-10H2,1-2H3,(H2,32,33,38)/t11-,15-,16-/m0/s1. The third-order valence-electron chi connectivity index (χ3n) is 6.59. The van der Waals surface area contributed by atoms with Gasteiger partial charge in [0.1, 0.15) is 11.6 Å². The zero-order valence-electron chi connectivity index (χ0n) is 21.6. The fourth-order valence-electron chi connectivity index (χ4n) is 4.59. The molecular weight excluding hydrogens is 568 g/mol. The van der Waals surface area contributed by atoms with E-state index in [1.54, 1.807) is 5.10 Å². The van der Waals surface area contributed by atoms with E-state index in [4.69, 9.17) is 4.74 Å². The lowest BCUT2D eigenvalue weighted by molar-refractivity contribution is -0.145. The van der Waals surface area contributed by atoms with Gasteiger partial charge in [-0.3, -0.25) is 14.4 Å². The van der Waals surface area contributed by atoms with Crippen LogP contribution < -0.4 is 20.7 Å². The lowest BCUT2D eigenvalue weighted by Crippen LogP contribution is -2.64. The highest BCUT2D eigenvalue weighted by Gasteiger charge is 2.44. The number of carbonyl (C=O) groups is 2. The zero-order chi connectivity index (χ0) is 30.3. The normalized spacial score (nSPS) is 19.0. The van der Waals surface area contributed by atoms with E-state index in [-0.39, 0.29) is 37.7 Å². The number of likely N-dealkylation sites (N-methyl/N-ethyl adjacent to an activating group) is 1. The fraction of sp³-hybridized carbons (Fsp3) is 0.522. The lowest BCUT2D eigenvalue weighted by atomic mass is 10.0. The number of alkyl halides is 6. The van der Waals surface area contributed by atoms with Gasteiger partial charge in [-0.1, -0.05) is 0 Å². The van der Waals surface area contributed by atoms with Crippen molar-refractivity contribution in [2.75, 3.05) is 55.0 Å². The van der Waals surface area contributed by atoms with Gasteiger partial charge in [0.2, 0.25) is 0 Å². The van der Waals surface area contributed by atoms with Gasteiger partial charge in [-0.25, -0.2) is 10.1 Å². The first-order chi connectivity index (χ1) is 19.1. The number of pyridine rings is 1. The molecule has 1 fully saturated rings. The van der Waals surface area contributed by atoms with E-state index >= 15 is 0 Å².